The van der Waals surface area contributed by atoms with Gasteiger partial charge in [0.25, 0.3) is 0 Å². The van der Waals surface area contributed by atoms with E-state index in [-0.39, 0.29) is 6.61 Å². The number of hydrogen-bond donors (Lipinski definition) is 2. The molecule has 0 radical (unpaired) electrons. The van der Waals surface area contributed by atoms with Gasteiger partial charge in [0.05, 0.1) is 13.2 Å². The smallest absolute Gasteiger partial charge is 0.234 e. The zero-order valence-electron chi connectivity index (χ0n) is 7.89. The Hall–Kier alpha value is -1.48. The van der Waals surface area contributed by atoms with Crippen LogP contribution in [0, 0.1) is 0 Å². The Balaban J connectivity index is 0.000000255. The van der Waals surface area contributed by atoms with E-state index in [1.165, 1.54) is 6.08 Å². The quantitative estimate of drug-likeness (QED) is 0.542. The van der Waals surface area contributed by atoms with Gasteiger partial charge in [-0.25, -0.2) is 9.79 Å². The maximum Gasteiger partial charge on any atom is 0.234 e. The molecule has 0 aliphatic rings. The van der Waals surface area contributed by atoms with Crippen molar-refractivity contribution < 1.29 is 9.90 Å². The Kier molecular flexibility index (Phi) is 8.59. The minimum Gasteiger partial charge on any atom is -0.392 e. The molecule has 1 aromatic carbocycles. The summed E-state index contributed by atoms with van der Waals surface area (Å²) < 4.78 is 0. The van der Waals surface area contributed by atoms with Gasteiger partial charge in [-0.1, -0.05) is 30.3 Å². The molecular formula is C10H14N2O2. The number of carbonyl (C=O) groups excluding carboxylic acids is 1. The first-order valence-corrected chi connectivity index (χ1v) is 4.23. The van der Waals surface area contributed by atoms with Crippen molar-refractivity contribution in [3.63, 3.8) is 0 Å². The summed E-state index contributed by atoms with van der Waals surface area (Å²) in [5.41, 5.74) is 5.91. The minimum atomic E-state index is 0.140. The third kappa shape index (κ3) is 7.18. The number of isocyanates is 1. The molecule has 3 N–H and O–H groups in total. The largest absolute Gasteiger partial charge is 0.392 e. The molecule has 0 aromatic heterocycles. The number of rotatable bonds is 3. The first-order chi connectivity index (χ1) is 6.85. The number of hydrogen-bond acceptors (Lipinski definition) is 4. The second-order valence-electron chi connectivity index (χ2n) is 2.41. The van der Waals surface area contributed by atoms with Gasteiger partial charge >= 0.3 is 0 Å². The second kappa shape index (κ2) is 9.61. The average Bonchev–Trinajstić information content (AvgIpc) is 2.28. The van der Waals surface area contributed by atoms with Crippen LogP contribution in [0.4, 0.5) is 0 Å². The van der Waals surface area contributed by atoms with Crippen LogP contribution in [0.5, 0.6) is 0 Å². The third-order valence-electron chi connectivity index (χ3n) is 1.33. The molecule has 0 heterocycles. The zero-order valence-corrected chi connectivity index (χ0v) is 7.89. The van der Waals surface area contributed by atoms with E-state index in [9.17, 15) is 4.79 Å². The highest BCUT2D eigenvalue weighted by Gasteiger charge is 1.81. The van der Waals surface area contributed by atoms with E-state index in [1.807, 2.05) is 30.3 Å². The van der Waals surface area contributed by atoms with Gasteiger partial charge in [-0.05, 0) is 5.56 Å². The molecule has 0 spiro atoms. The van der Waals surface area contributed by atoms with Gasteiger partial charge in [0.15, 0.2) is 0 Å². The molecule has 0 amide bonds. The van der Waals surface area contributed by atoms with Crippen molar-refractivity contribution in [1.29, 1.82) is 0 Å². The summed E-state index contributed by atoms with van der Waals surface area (Å²) in [6, 6.07) is 9.52. The van der Waals surface area contributed by atoms with Crippen molar-refractivity contribution in [3.05, 3.63) is 35.9 Å². The molecule has 4 nitrogen and oxygen atoms in total. The summed E-state index contributed by atoms with van der Waals surface area (Å²) in [5.74, 6) is 0. The molecule has 1 aromatic rings. The molecule has 76 valence electrons. The lowest BCUT2D eigenvalue weighted by molar-refractivity contribution is 0.282. The molecule has 0 bridgehead atoms. The van der Waals surface area contributed by atoms with Crippen LogP contribution in [0.15, 0.2) is 35.3 Å². The summed E-state index contributed by atoms with van der Waals surface area (Å²) in [6.45, 7) is 0.958. The zero-order chi connectivity index (χ0) is 10.6. The van der Waals surface area contributed by atoms with E-state index in [4.69, 9.17) is 10.8 Å². The highest BCUT2D eigenvalue weighted by molar-refractivity contribution is 5.32. The van der Waals surface area contributed by atoms with Crippen molar-refractivity contribution in [3.8, 4) is 0 Å². The summed E-state index contributed by atoms with van der Waals surface area (Å²) in [6.07, 6.45) is 1.36. The normalized spacial score (nSPS) is 8.14. The fourth-order valence-electron chi connectivity index (χ4n) is 0.694. The van der Waals surface area contributed by atoms with Gasteiger partial charge in [0, 0.05) is 6.54 Å². The van der Waals surface area contributed by atoms with E-state index >= 15 is 0 Å². The Morgan fingerprint density at radius 2 is 2.00 bits per heavy atom. The fourth-order valence-corrected chi connectivity index (χ4v) is 0.694. The first-order valence-electron chi connectivity index (χ1n) is 4.23. The fraction of sp³-hybridized carbons (Fsp3) is 0.300. The molecule has 0 saturated carbocycles. The van der Waals surface area contributed by atoms with Gasteiger partial charge in [-0.3, -0.25) is 0 Å². The van der Waals surface area contributed by atoms with Crippen LogP contribution < -0.4 is 5.73 Å². The molecule has 0 aliphatic heterocycles. The van der Waals surface area contributed by atoms with Crippen molar-refractivity contribution in [2.75, 3.05) is 13.1 Å². The monoisotopic (exact) mass is 194 g/mol. The number of aliphatic hydroxyl groups excluding tert-OH is 1. The number of nitrogens with two attached hydrogens (primary N) is 1. The summed E-state index contributed by atoms with van der Waals surface area (Å²) in [7, 11) is 0. The molecule has 0 saturated heterocycles. The van der Waals surface area contributed by atoms with E-state index in [1.54, 1.807) is 0 Å². The Labute approximate surface area is 83.1 Å². The molecule has 0 aliphatic carbocycles. The maximum absolute atomic E-state index is 9.22. The van der Waals surface area contributed by atoms with Gasteiger partial charge in [0.2, 0.25) is 6.08 Å². The lowest BCUT2D eigenvalue weighted by Crippen LogP contribution is -2.01. The summed E-state index contributed by atoms with van der Waals surface area (Å²) in [4.78, 5) is 12.4. The topological polar surface area (TPSA) is 75.7 Å². The second-order valence-corrected chi connectivity index (χ2v) is 2.41. The standard InChI is InChI=1S/C7H8O.C3H6N2O/c8-6-7-4-2-1-3-5-7;4-1-2-5-3-6/h1-5,8H,6H2;1-2,4H2. The van der Waals surface area contributed by atoms with Crippen LogP contribution >= 0.6 is 0 Å². The van der Waals surface area contributed by atoms with E-state index in [2.05, 4.69) is 4.99 Å². The van der Waals surface area contributed by atoms with Gasteiger partial charge in [-0.15, -0.1) is 0 Å². The number of benzene rings is 1. The number of aliphatic imine (C=N–C) groups is 1. The average molecular weight is 194 g/mol. The predicted molar refractivity (Wildman–Crippen MR) is 54.4 cm³/mol. The summed E-state index contributed by atoms with van der Waals surface area (Å²) in [5, 5.41) is 8.54. The maximum atomic E-state index is 9.22. The molecule has 4 heteroatoms. The van der Waals surface area contributed by atoms with Crippen LogP contribution in [0.2, 0.25) is 0 Å². The number of aliphatic hydroxyl groups is 1. The van der Waals surface area contributed by atoms with Crippen LogP contribution in [-0.2, 0) is 11.4 Å². The molecule has 14 heavy (non-hydrogen) atoms. The van der Waals surface area contributed by atoms with Crippen LogP contribution in [0.1, 0.15) is 5.56 Å². The molecular weight excluding hydrogens is 180 g/mol. The third-order valence-corrected chi connectivity index (χ3v) is 1.33. The lowest BCUT2D eigenvalue weighted by Gasteiger charge is -1.89. The van der Waals surface area contributed by atoms with Crippen LogP contribution in [0.3, 0.4) is 0 Å². The Morgan fingerprint density at radius 3 is 2.29 bits per heavy atom. The van der Waals surface area contributed by atoms with Crippen LogP contribution in [0.25, 0.3) is 0 Å². The van der Waals surface area contributed by atoms with Gasteiger partial charge < -0.3 is 10.8 Å². The van der Waals surface area contributed by atoms with E-state index < -0.39 is 0 Å². The number of nitrogens with zero attached hydrogens (tertiary/aromatic N) is 1. The molecule has 0 unspecified atom stereocenters. The Bertz CT molecular complexity index is 269. The lowest BCUT2D eigenvalue weighted by atomic mass is 10.2. The summed E-state index contributed by atoms with van der Waals surface area (Å²) >= 11 is 0. The van der Waals surface area contributed by atoms with E-state index in [0.29, 0.717) is 13.1 Å². The molecule has 0 atom stereocenters. The van der Waals surface area contributed by atoms with Crippen molar-refractivity contribution in [2.45, 2.75) is 6.61 Å². The molecule has 0 fully saturated rings. The first kappa shape index (κ1) is 12.5. The van der Waals surface area contributed by atoms with Crippen molar-refractivity contribution in [1.82, 2.24) is 0 Å². The van der Waals surface area contributed by atoms with Crippen molar-refractivity contribution in [2.24, 2.45) is 10.7 Å². The van der Waals surface area contributed by atoms with E-state index in [0.717, 1.165) is 5.56 Å². The predicted octanol–water partition coefficient (Wildman–Crippen LogP) is 0.460. The Morgan fingerprint density at radius 1 is 1.36 bits per heavy atom. The highest BCUT2D eigenvalue weighted by atomic mass is 16.3. The highest BCUT2D eigenvalue weighted by Crippen LogP contribution is 1.95. The van der Waals surface area contributed by atoms with Crippen molar-refractivity contribution >= 4 is 6.08 Å². The van der Waals surface area contributed by atoms with Crippen LogP contribution in [-0.4, -0.2) is 24.3 Å². The molecule has 1 rings (SSSR count). The minimum absolute atomic E-state index is 0.140. The SMILES string of the molecule is NCCN=C=O.OCc1ccccc1. The van der Waals surface area contributed by atoms with Gasteiger partial charge in [-0.2, -0.15) is 0 Å². The van der Waals surface area contributed by atoms with Gasteiger partial charge in [0.1, 0.15) is 0 Å².